The van der Waals surface area contributed by atoms with Gasteiger partial charge in [-0.3, -0.25) is 4.79 Å². The van der Waals surface area contributed by atoms with Crippen LogP contribution >= 0.6 is 11.3 Å². The molecule has 19 heavy (non-hydrogen) atoms. The molecule has 2 aromatic heterocycles. The lowest BCUT2D eigenvalue weighted by Crippen LogP contribution is -2.31. The first-order valence-electron chi connectivity index (χ1n) is 6.69. The number of thiophene rings is 1. The zero-order valence-electron chi connectivity index (χ0n) is 10.8. The Morgan fingerprint density at radius 1 is 1.26 bits per heavy atom. The highest BCUT2D eigenvalue weighted by atomic mass is 32.1. The zero-order valence-corrected chi connectivity index (χ0v) is 11.6. The van der Waals surface area contributed by atoms with Gasteiger partial charge in [0.25, 0.3) is 5.91 Å². The summed E-state index contributed by atoms with van der Waals surface area (Å²) in [7, 11) is 0. The molecule has 0 unspecified atom stereocenters. The fourth-order valence-electron chi connectivity index (χ4n) is 2.53. The lowest BCUT2D eigenvalue weighted by Gasteiger charge is -2.19. The highest BCUT2D eigenvalue weighted by Crippen LogP contribution is 2.33. The number of likely N-dealkylation sites (tertiary alicyclic amines) is 1. The van der Waals surface area contributed by atoms with E-state index in [9.17, 15) is 4.79 Å². The summed E-state index contributed by atoms with van der Waals surface area (Å²) in [4.78, 5) is 20.3. The maximum atomic E-state index is 12.6. The normalized spacial score (nSPS) is 16.5. The molecular formula is C14H17N3OS. The SMILES string of the molecule is Nc1c(C(=O)N2CCCCCC2)sc2ncccc12. The van der Waals surface area contributed by atoms with Crippen molar-refractivity contribution in [3.8, 4) is 0 Å². The van der Waals surface area contributed by atoms with Crippen molar-refractivity contribution in [1.82, 2.24) is 9.88 Å². The number of nitrogens with zero attached hydrogens (tertiary/aromatic N) is 2. The van der Waals surface area contributed by atoms with Crippen LogP contribution in [0.25, 0.3) is 10.2 Å². The van der Waals surface area contributed by atoms with E-state index in [1.54, 1.807) is 6.20 Å². The molecule has 1 fully saturated rings. The van der Waals surface area contributed by atoms with Crippen LogP contribution in [0.15, 0.2) is 18.3 Å². The summed E-state index contributed by atoms with van der Waals surface area (Å²) < 4.78 is 0. The van der Waals surface area contributed by atoms with Gasteiger partial charge in [0.2, 0.25) is 0 Å². The number of pyridine rings is 1. The minimum Gasteiger partial charge on any atom is -0.397 e. The Hall–Kier alpha value is -1.62. The van der Waals surface area contributed by atoms with Gasteiger partial charge in [-0.2, -0.15) is 0 Å². The van der Waals surface area contributed by atoms with E-state index >= 15 is 0 Å². The fourth-order valence-corrected chi connectivity index (χ4v) is 3.56. The molecule has 2 aromatic rings. The Bertz CT molecular complexity index is 600. The minimum atomic E-state index is 0.0717. The largest absolute Gasteiger partial charge is 0.397 e. The third kappa shape index (κ3) is 2.30. The molecule has 1 aliphatic heterocycles. The van der Waals surface area contributed by atoms with Gasteiger partial charge in [-0.1, -0.05) is 12.8 Å². The van der Waals surface area contributed by atoms with Crippen molar-refractivity contribution < 1.29 is 4.79 Å². The van der Waals surface area contributed by atoms with Crippen LogP contribution in [-0.4, -0.2) is 28.9 Å². The van der Waals surface area contributed by atoms with Crippen LogP contribution < -0.4 is 5.73 Å². The molecule has 3 rings (SSSR count). The van der Waals surface area contributed by atoms with Crippen molar-refractivity contribution in [3.63, 3.8) is 0 Å². The second-order valence-electron chi connectivity index (χ2n) is 4.91. The molecule has 0 atom stereocenters. The summed E-state index contributed by atoms with van der Waals surface area (Å²) >= 11 is 1.41. The molecule has 5 heteroatoms. The molecule has 4 nitrogen and oxygen atoms in total. The molecule has 0 aliphatic carbocycles. The van der Waals surface area contributed by atoms with E-state index < -0.39 is 0 Å². The Kier molecular flexibility index (Phi) is 3.38. The summed E-state index contributed by atoms with van der Waals surface area (Å²) in [6.07, 6.45) is 6.35. The number of anilines is 1. The first-order valence-corrected chi connectivity index (χ1v) is 7.51. The number of hydrogen-bond donors (Lipinski definition) is 1. The molecule has 1 amide bonds. The van der Waals surface area contributed by atoms with Crippen molar-refractivity contribution in [2.75, 3.05) is 18.8 Å². The summed E-state index contributed by atoms with van der Waals surface area (Å²) in [5, 5.41) is 0.894. The highest BCUT2D eigenvalue weighted by Gasteiger charge is 2.22. The van der Waals surface area contributed by atoms with Gasteiger partial charge in [-0.05, 0) is 25.0 Å². The van der Waals surface area contributed by atoms with Gasteiger partial charge in [0.15, 0.2) is 0 Å². The summed E-state index contributed by atoms with van der Waals surface area (Å²) in [5.41, 5.74) is 6.69. The minimum absolute atomic E-state index is 0.0717. The third-order valence-corrected chi connectivity index (χ3v) is 4.71. The first kappa shape index (κ1) is 12.4. The standard InChI is InChI=1S/C14H17N3OS/c15-11-10-6-5-7-16-13(10)19-12(11)14(18)17-8-3-1-2-4-9-17/h5-7H,1-4,8-9,15H2. The number of rotatable bonds is 1. The topological polar surface area (TPSA) is 59.2 Å². The summed E-state index contributed by atoms with van der Waals surface area (Å²) in [6.45, 7) is 1.69. The van der Waals surface area contributed by atoms with Crippen molar-refractivity contribution in [1.29, 1.82) is 0 Å². The van der Waals surface area contributed by atoms with E-state index in [4.69, 9.17) is 5.73 Å². The second-order valence-corrected chi connectivity index (χ2v) is 5.91. The lowest BCUT2D eigenvalue weighted by atomic mass is 10.2. The number of nitrogen functional groups attached to an aromatic ring is 1. The molecule has 1 aliphatic rings. The van der Waals surface area contributed by atoms with E-state index in [1.165, 1.54) is 24.2 Å². The van der Waals surface area contributed by atoms with E-state index in [0.717, 1.165) is 36.1 Å². The highest BCUT2D eigenvalue weighted by molar-refractivity contribution is 7.21. The number of amides is 1. The van der Waals surface area contributed by atoms with E-state index in [0.29, 0.717) is 10.6 Å². The fraction of sp³-hybridized carbons (Fsp3) is 0.429. The van der Waals surface area contributed by atoms with Gasteiger partial charge in [-0.15, -0.1) is 11.3 Å². The number of carbonyl (C=O) groups excluding carboxylic acids is 1. The quantitative estimate of drug-likeness (QED) is 0.870. The van der Waals surface area contributed by atoms with Crippen LogP contribution in [0.4, 0.5) is 5.69 Å². The van der Waals surface area contributed by atoms with Crippen molar-refractivity contribution >= 4 is 33.1 Å². The molecule has 3 heterocycles. The number of aromatic nitrogens is 1. The Morgan fingerprint density at radius 2 is 2.00 bits per heavy atom. The van der Waals surface area contributed by atoms with E-state index in [-0.39, 0.29) is 5.91 Å². The van der Waals surface area contributed by atoms with Crippen LogP contribution in [0.5, 0.6) is 0 Å². The van der Waals surface area contributed by atoms with Crippen LogP contribution in [-0.2, 0) is 0 Å². The van der Waals surface area contributed by atoms with Crippen LogP contribution in [0.3, 0.4) is 0 Å². The van der Waals surface area contributed by atoms with Gasteiger partial charge >= 0.3 is 0 Å². The molecule has 0 saturated carbocycles. The van der Waals surface area contributed by atoms with Crippen LogP contribution in [0.2, 0.25) is 0 Å². The maximum Gasteiger partial charge on any atom is 0.266 e. The molecule has 0 spiro atoms. The van der Waals surface area contributed by atoms with Gasteiger partial charge in [0, 0.05) is 24.7 Å². The average molecular weight is 275 g/mol. The molecule has 1 saturated heterocycles. The van der Waals surface area contributed by atoms with Gasteiger partial charge in [-0.25, -0.2) is 4.98 Å². The lowest BCUT2D eigenvalue weighted by molar-refractivity contribution is 0.0767. The summed E-state index contributed by atoms with van der Waals surface area (Å²) in [6, 6.07) is 3.78. The Labute approximate surface area is 116 Å². The van der Waals surface area contributed by atoms with Crippen molar-refractivity contribution in [2.24, 2.45) is 0 Å². The van der Waals surface area contributed by atoms with Crippen molar-refractivity contribution in [3.05, 3.63) is 23.2 Å². The monoisotopic (exact) mass is 275 g/mol. The number of hydrogen-bond acceptors (Lipinski definition) is 4. The average Bonchev–Trinajstić information content (AvgIpc) is 2.64. The predicted octanol–water partition coefficient (Wildman–Crippen LogP) is 2.89. The van der Waals surface area contributed by atoms with Crippen LogP contribution in [0, 0.1) is 0 Å². The maximum absolute atomic E-state index is 12.6. The third-order valence-electron chi connectivity index (χ3n) is 3.59. The smallest absolute Gasteiger partial charge is 0.266 e. The molecule has 100 valence electrons. The molecule has 2 N–H and O–H groups in total. The zero-order chi connectivity index (χ0) is 13.2. The molecule has 0 radical (unpaired) electrons. The van der Waals surface area contributed by atoms with E-state index in [2.05, 4.69) is 4.98 Å². The van der Waals surface area contributed by atoms with Crippen LogP contribution in [0.1, 0.15) is 35.4 Å². The number of fused-ring (bicyclic) bond motifs is 1. The second kappa shape index (κ2) is 5.17. The number of carbonyl (C=O) groups is 1. The Morgan fingerprint density at radius 3 is 2.68 bits per heavy atom. The Balaban J connectivity index is 1.94. The van der Waals surface area contributed by atoms with Gasteiger partial charge < -0.3 is 10.6 Å². The first-order chi connectivity index (χ1) is 9.27. The van der Waals surface area contributed by atoms with Crippen molar-refractivity contribution in [2.45, 2.75) is 25.7 Å². The van der Waals surface area contributed by atoms with Gasteiger partial charge in [0.05, 0.1) is 5.69 Å². The van der Waals surface area contributed by atoms with Gasteiger partial charge in [0.1, 0.15) is 9.71 Å². The number of nitrogens with two attached hydrogens (primary N) is 1. The molecule has 0 aromatic carbocycles. The predicted molar refractivity (Wildman–Crippen MR) is 78.4 cm³/mol. The summed E-state index contributed by atoms with van der Waals surface area (Å²) in [5.74, 6) is 0.0717. The van der Waals surface area contributed by atoms with E-state index in [1.807, 2.05) is 17.0 Å². The molecular weight excluding hydrogens is 258 g/mol. The molecule has 0 bridgehead atoms.